The van der Waals surface area contributed by atoms with Crippen LogP contribution in [0.25, 0.3) is 0 Å². The van der Waals surface area contributed by atoms with E-state index in [1.54, 1.807) is 4.90 Å². The molecule has 0 bridgehead atoms. The fourth-order valence-corrected chi connectivity index (χ4v) is 2.26. The van der Waals surface area contributed by atoms with Gasteiger partial charge >= 0.3 is 0 Å². The number of allylic oxidation sites excluding steroid dienone is 2. The lowest BCUT2D eigenvalue weighted by Gasteiger charge is -2.32. The SMILES string of the molecule is O=C(C[C@@H]1C=CCC1)N1CCO[C@H](CF)C1. The van der Waals surface area contributed by atoms with Crippen molar-refractivity contribution in [2.24, 2.45) is 5.92 Å². The molecule has 0 radical (unpaired) electrons. The van der Waals surface area contributed by atoms with Crippen molar-refractivity contribution in [3.8, 4) is 0 Å². The second kappa shape index (κ2) is 5.43. The lowest BCUT2D eigenvalue weighted by molar-refractivity contribution is -0.140. The summed E-state index contributed by atoms with van der Waals surface area (Å²) in [6.07, 6.45) is 6.54. The molecule has 0 aromatic heterocycles. The Hall–Kier alpha value is -0.900. The highest BCUT2D eigenvalue weighted by atomic mass is 19.1. The van der Waals surface area contributed by atoms with E-state index >= 15 is 0 Å². The number of carbonyl (C=O) groups is 1. The lowest BCUT2D eigenvalue weighted by Crippen LogP contribution is -2.46. The van der Waals surface area contributed by atoms with Gasteiger partial charge in [0.1, 0.15) is 12.8 Å². The van der Waals surface area contributed by atoms with Crippen LogP contribution in [-0.4, -0.2) is 43.3 Å². The Morgan fingerprint density at radius 3 is 3.12 bits per heavy atom. The van der Waals surface area contributed by atoms with Gasteiger partial charge in [-0.25, -0.2) is 4.39 Å². The van der Waals surface area contributed by atoms with Crippen molar-refractivity contribution in [1.82, 2.24) is 4.90 Å². The molecule has 2 aliphatic rings. The summed E-state index contributed by atoms with van der Waals surface area (Å²) < 4.78 is 17.6. The second-order valence-corrected chi connectivity index (χ2v) is 4.46. The van der Waals surface area contributed by atoms with Crippen LogP contribution in [0.3, 0.4) is 0 Å². The highest BCUT2D eigenvalue weighted by molar-refractivity contribution is 5.76. The molecule has 2 atom stereocenters. The predicted molar refractivity (Wildman–Crippen MR) is 58.8 cm³/mol. The number of carbonyl (C=O) groups excluding carboxylic acids is 1. The van der Waals surface area contributed by atoms with E-state index in [1.165, 1.54) is 0 Å². The van der Waals surface area contributed by atoms with E-state index in [-0.39, 0.29) is 5.91 Å². The molecule has 0 aromatic carbocycles. The van der Waals surface area contributed by atoms with Crippen LogP contribution < -0.4 is 0 Å². The number of amides is 1. The van der Waals surface area contributed by atoms with Crippen LogP contribution in [0.4, 0.5) is 4.39 Å². The van der Waals surface area contributed by atoms with Gasteiger partial charge in [0.2, 0.25) is 5.91 Å². The molecule has 0 saturated carbocycles. The Morgan fingerprint density at radius 1 is 1.56 bits per heavy atom. The summed E-state index contributed by atoms with van der Waals surface area (Å²) in [6, 6.07) is 0. The van der Waals surface area contributed by atoms with Gasteiger partial charge in [0.25, 0.3) is 0 Å². The largest absolute Gasteiger partial charge is 0.372 e. The molecule has 16 heavy (non-hydrogen) atoms. The maximum Gasteiger partial charge on any atom is 0.223 e. The molecule has 0 unspecified atom stereocenters. The molecule has 0 N–H and O–H groups in total. The number of ether oxygens (including phenoxy) is 1. The molecule has 1 amide bonds. The van der Waals surface area contributed by atoms with E-state index in [0.717, 1.165) is 12.8 Å². The van der Waals surface area contributed by atoms with Crippen molar-refractivity contribution in [3.05, 3.63) is 12.2 Å². The van der Waals surface area contributed by atoms with E-state index < -0.39 is 12.8 Å². The first-order chi connectivity index (χ1) is 7.79. The van der Waals surface area contributed by atoms with Crippen LogP contribution in [0.5, 0.6) is 0 Å². The zero-order chi connectivity index (χ0) is 11.4. The smallest absolute Gasteiger partial charge is 0.223 e. The first-order valence-electron chi connectivity index (χ1n) is 5.91. The molecule has 1 aliphatic heterocycles. The average molecular weight is 227 g/mol. The Labute approximate surface area is 95.3 Å². The fraction of sp³-hybridized carbons (Fsp3) is 0.750. The maximum atomic E-state index is 12.4. The first-order valence-corrected chi connectivity index (χ1v) is 5.91. The van der Waals surface area contributed by atoms with E-state index in [1.807, 2.05) is 0 Å². The van der Waals surface area contributed by atoms with Gasteiger partial charge < -0.3 is 9.64 Å². The Morgan fingerprint density at radius 2 is 2.44 bits per heavy atom. The van der Waals surface area contributed by atoms with Crippen molar-refractivity contribution in [2.75, 3.05) is 26.4 Å². The zero-order valence-corrected chi connectivity index (χ0v) is 9.40. The summed E-state index contributed by atoms with van der Waals surface area (Å²) in [4.78, 5) is 13.7. The summed E-state index contributed by atoms with van der Waals surface area (Å²) >= 11 is 0. The fourth-order valence-electron chi connectivity index (χ4n) is 2.26. The van der Waals surface area contributed by atoms with Gasteiger partial charge in [-0.2, -0.15) is 0 Å². The summed E-state index contributed by atoms with van der Waals surface area (Å²) in [7, 11) is 0. The molecule has 1 saturated heterocycles. The summed E-state index contributed by atoms with van der Waals surface area (Å²) in [5, 5.41) is 0. The van der Waals surface area contributed by atoms with Gasteiger partial charge in [-0.05, 0) is 18.8 Å². The first kappa shape index (κ1) is 11.6. The van der Waals surface area contributed by atoms with Crippen LogP contribution in [0.15, 0.2) is 12.2 Å². The van der Waals surface area contributed by atoms with Gasteiger partial charge in [-0.15, -0.1) is 0 Å². The van der Waals surface area contributed by atoms with Crippen LogP contribution >= 0.6 is 0 Å². The minimum absolute atomic E-state index is 0.137. The number of halogens is 1. The normalized spacial score (nSPS) is 29.7. The number of hydrogen-bond donors (Lipinski definition) is 0. The van der Waals surface area contributed by atoms with E-state index in [0.29, 0.717) is 32.0 Å². The Kier molecular flexibility index (Phi) is 3.93. The summed E-state index contributed by atoms with van der Waals surface area (Å²) in [6.45, 7) is 0.964. The molecule has 0 aromatic rings. The van der Waals surface area contributed by atoms with Gasteiger partial charge in [0, 0.05) is 19.5 Å². The number of alkyl halides is 1. The predicted octanol–water partition coefficient (Wildman–Crippen LogP) is 1.54. The number of rotatable bonds is 3. The number of hydrogen-bond acceptors (Lipinski definition) is 2. The van der Waals surface area contributed by atoms with E-state index in [2.05, 4.69) is 12.2 Å². The minimum atomic E-state index is -0.507. The Bertz CT molecular complexity index is 280. The third-order valence-corrected chi connectivity index (χ3v) is 3.21. The minimum Gasteiger partial charge on any atom is -0.372 e. The highest BCUT2D eigenvalue weighted by Gasteiger charge is 2.25. The third-order valence-electron chi connectivity index (χ3n) is 3.21. The Balaban J connectivity index is 1.81. The van der Waals surface area contributed by atoms with Gasteiger partial charge in [-0.3, -0.25) is 4.79 Å². The van der Waals surface area contributed by atoms with Crippen LogP contribution in [0, 0.1) is 5.92 Å². The molecular formula is C12H18FNO2. The second-order valence-electron chi connectivity index (χ2n) is 4.46. The third kappa shape index (κ3) is 2.82. The quantitative estimate of drug-likeness (QED) is 0.684. The molecule has 3 nitrogen and oxygen atoms in total. The standard InChI is InChI=1S/C12H18FNO2/c13-8-11-9-14(5-6-16-11)12(15)7-10-3-1-2-4-10/h1,3,10-11H,2,4-9H2/t10-,11-/m1/s1. The van der Waals surface area contributed by atoms with E-state index in [4.69, 9.17) is 4.74 Å². The maximum absolute atomic E-state index is 12.4. The van der Waals surface area contributed by atoms with Crippen LogP contribution in [-0.2, 0) is 9.53 Å². The number of morpholine rings is 1. The molecule has 90 valence electrons. The van der Waals surface area contributed by atoms with Crippen molar-refractivity contribution >= 4 is 5.91 Å². The molecular weight excluding hydrogens is 209 g/mol. The molecule has 2 rings (SSSR count). The summed E-state index contributed by atoms with van der Waals surface area (Å²) in [5.41, 5.74) is 0. The number of nitrogens with zero attached hydrogens (tertiary/aromatic N) is 1. The van der Waals surface area contributed by atoms with Crippen LogP contribution in [0.2, 0.25) is 0 Å². The molecule has 0 spiro atoms. The van der Waals surface area contributed by atoms with E-state index in [9.17, 15) is 9.18 Å². The molecule has 1 heterocycles. The molecule has 4 heteroatoms. The van der Waals surface area contributed by atoms with Gasteiger partial charge in [0.15, 0.2) is 0 Å². The molecule has 1 aliphatic carbocycles. The van der Waals surface area contributed by atoms with Gasteiger partial charge in [0.05, 0.1) is 6.61 Å². The monoisotopic (exact) mass is 227 g/mol. The zero-order valence-electron chi connectivity index (χ0n) is 9.40. The van der Waals surface area contributed by atoms with Crippen molar-refractivity contribution in [1.29, 1.82) is 0 Å². The van der Waals surface area contributed by atoms with Crippen molar-refractivity contribution < 1.29 is 13.9 Å². The van der Waals surface area contributed by atoms with Crippen molar-refractivity contribution in [3.63, 3.8) is 0 Å². The lowest BCUT2D eigenvalue weighted by atomic mass is 10.0. The summed E-state index contributed by atoms with van der Waals surface area (Å²) in [5.74, 6) is 0.525. The van der Waals surface area contributed by atoms with Crippen molar-refractivity contribution in [2.45, 2.75) is 25.4 Å². The average Bonchev–Trinajstić information content (AvgIpc) is 2.82. The van der Waals surface area contributed by atoms with Crippen LogP contribution in [0.1, 0.15) is 19.3 Å². The van der Waals surface area contributed by atoms with Gasteiger partial charge in [-0.1, -0.05) is 12.2 Å². The molecule has 1 fully saturated rings. The highest BCUT2D eigenvalue weighted by Crippen LogP contribution is 2.21. The topological polar surface area (TPSA) is 29.5 Å².